The normalized spacial score (nSPS) is 16.9. The van der Waals surface area contributed by atoms with E-state index in [0.29, 0.717) is 24.2 Å². The van der Waals surface area contributed by atoms with Gasteiger partial charge in [-0.25, -0.2) is 4.79 Å². The summed E-state index contributed by atoms with van der Waals surface area (Å²) in [6.07, 6.45) is -0.0290. The average molecular weight is 574 g/mol. The number of benzene rings is 4. The minimum atomic E-state index is -4.49. The van der Waals surface area contributed by atoms with Crippen LogP contribution in [0.1, 0.15) is 35.1 Å². The molecule has 1 unspecified atom stereocenters. The number of carbonyl (C=O) groups is 1. The summed E-state index contributed by atoms with van der Waals surface area (Å²) in [7, 11) is -0.256. The second-order valence-corrected chi connectivity index (χ2v) is 12.3. The predicted octanol–water partition coefficient (Wildman–Crippen LogP) is 9.53. The summed E-state index contributed by atoms with van der Waals surface area (Å²) >= 11 is 0. The Morgan fingerprint density at radius 3 is 2.10 bits per heavy atom. The van der Waals surface area contributed by atoms with E-state index in [4.69, 9.17) is 9.47 Å². The number of hydrogen-bond acceptors (Lipinski definition) is 3. The van der Waals surface area contributed by atoms with Crippen LogP contribution in [0.25, 0.3) is 25.1 Å². The zero-order valence-electron chi connectivity index (χ0n) is 22.6. The maximum absolute atomic E-state index is 13.4. The molecule has 0 fully saturated rings. The summed E-state index contributed by atoms with van der Waals surface area (Å²) in [5.41, 5.74) is 0.0665. The van der Waals surface area contributed by atoms with Crippen molar-refractivity contribution in [3.8, 4) is 10.6 Å². The van der Waals surface area contributed by atoms with E-state index in [0.717, 1.165) is 23.3 Å². The van der Waals surface area contributed by atoms with Crippen molar-refractivity contribution in [2.75, 3.05) is 6.61 Å². The molecule has 0 spiro atoms. The van der Waals surface area contributed by atoms with Gasteiger partial charge in [0.25, 0.3) is 0 Å². The summed E-state index contributed by atoms with van der Waals surface area (Å²) in [5, 5.41) is 2.50. The topological polar surface area (TPSA) is 35.5 Å². The number of thiophene rings is 1. The van der Waals surface area contributed by atoms with Crippen molar-refractivity contribution >= 4 is 36.6 Å². The van der Waals surface area contributed by atoms with Gasteiger partial charge in [-0.2, -0.15) is 13.2 Å². The fourth-order valence-corrected chi connectivity index (χ4v) is 8.28. The smallest absolute Gasteiger partial charge is 0.416 e. The summed E-state index contributed by atoms with van der Waals surface area (Å²) < 4.78 is 54.4. The van der Waals surface area contributed by atoms with Crippen LogP contribution in [0.15, 0.2) is 97.1 Å². The van der Waals surface area contributed by atoms with Crippen molar-refractivity contribution in [1.29, 1.82) is 0 Å². The summed E-state index contributed by atoms with van der Waals surface area (Å²) in [6, 6.07) is 26.1. The van der Waals surface area contributed by atoms with Gasteiger partial charge in [-0.05, 0) is 80.3 Å². The summed E-state index contributed by atoms with van der Waals surface area (Å²) in [4.78, 5) is 14.2. The first-order chi connectivity index (χ1) is 19.7. The van der Waals surface area contributed by atoms with Crippen LogP contribution in [0.5, 0.6) is 5.75 Å². The van der Waals surface area contributed by atoms with Gasteiger partial charge < -0.3 is 9.47 Å². The lowest BCUT2D eigenvalue weighted by atomic mass is 9.91. The van der Waals surface area contributed by atoms with Crippen LogP contribution in [0.4, 0.5) is 13.2 Å². The van der Waals surface area contributed by atoms with E-state index in [1.54, 1.807) is 12.1 Å². The Hall–Kier alpha value is -4.10. The molecule has 4 aromatic carbocycles. The fraction of sp³-hybridized carbons (Fsp3) is 0.206. The van der Waals surface area contributed by atoms with E-state index >= 15 is 0 Å². The third-order valence-corrected chi connectivity index (χ3v) is 9.85. The molecule has 0 amide bonds. The molecule has 0 N–H and O–H groups in total. The quantitative estimate of drug-likeness (QED) is 0.115. The molecule has 0 aliphatic heterocycles. The third-order valence-electron chi connectivity index (χ3n) is 7.55. The van der Waals surface area contributed by atoms with E-state index in [-0.39, 0.29) is 17.1 Å². The third kappa shape index (κ3) is 4.99. The summed E-state index contributed by atoms with van der Waals surface area (Å²) in [6.45, 7) is 3.56. The van der Waals surface area contributed by atoms with Crippen LogP contribution in [-0.4, -0.2) is 12.6 Å². The number of hydrogen-bond donors (Lipinski definition) is 0. The first kappa shape index (κ1) is 27.1. The highest BCUT2D eigenvalue weighted by molar-refractivity contribution is 7.50. The number of allylic oxidation sites excluding steroid dienone is 1. The van der Waals surface area contributed by atoms with Gasteiger partial charge in [-0.15, -0.1) is 0 Å². The van der Waals surface area contributed by atoms with Crippen molar-refractivity contribution in [3.05, 3.63) is 119 Å². The van der Waals surface area contributed by atoms with E-state index in [1.807, 2.05) is 19.9 Å². The number of rotatable bonds is 6. The Kier molecular flexibility index (Phi) is 6.86. The van der Waals surface area contributed by atoms with Crippen LogP contribution in [0.3, 0.4) is 0 Å². The Balaban J connectivity index is 1.25. The Bertz CT molecular complexity index is 1740. The van der Waals surface area contributed by atoms with Gasteiger partial charge in [0, 0.05) is 38.9 Å². The lowest BCUT2D eigenvalue weighted by Crippen LogP contribution is -2.31. The molecule has 1 aromatic heterocycles. The van der Waals surface area contributed by atoms with Gasteiger partial charge in [0.05, 0.1) is 5.56 Å². The number of alkyl halides is 3. The molecule has 41 heavy (non-hydrogen) atoms. The van der Waals surface area contributed by atoms with Gasteiger partial charge >= 0.3 is 12.1 Å². The highest BCUT2D eigenvalue weighted by Gasteiger charge is 2.39. The van der Waals surface area contributed by atoms with E-state index in [2.05, 4.69) is 60.7 Å². The van der Waals surface area contributed by atoms with E-state index in [9.17, 15) is 18.0 Å². The Labute approximate surface area is 238 Å². The maximum Gasteiger partial charge on any atom is 0.416 e. The SMILES string of the molecule is Cc1cc(-[s+]2c3ccccc3c3ccccc32)cc(C)c1OCC(=O)OC1(c2cccc(C(F)(F)F)c2)C=CCC1. The van der Waals surface area contributed by atoms with Crippen LogP contribution in [0.2, 0.25) is 0 Å². The molecular weight excluding hydrogens is 545 g/mol. The molecule has 0 saturated heterocycles. The number of esters is 1. The molecule has 1 aliphatic carbocycles. The van der Waals surface area contributed by atoms with Gasteiger partial charge in [-0.3, -0.25) is 0 Å². The van der Waals surface area contributed by atoms with Crippen LogP contribution in [-0.2, 0) is 21.3 Å². The first-order valence-corrected chi connectivity index (χ1v) is 14.6. The highest BCUT2D eigenvalue weighted by atomic mass is 32.2. The number of carbonyl (C=O) groups excluding carboxylic acids is 1. The van der Waals surface area contributed by atoms with Gasteiger partial charge in [0.15, 0.2) is 26.5 Å². The maximum atomic E-state index is 13.4. The van der Waals surface area contributed by atoms with Crippen molar-refractivity contribution in [2.45, 2.75) is 38.5 Å². The standard InChI is InChI=1S/C34H28F3O3S/c1-22-18-26(41-29-14-5-3-12-27(29)28-13-4-6-15-30(28)41)19-23(2)32(22)39-21-31(38)40-33(16-7-8-17-33)24-10-9-11-25(20-24)34(35,36)37/h3-7,9-16,18-20H,8,17,21H2,1-2H3/q+1. The molecule has 3 nitrogen and oxygen atoms in total. The Morgan fingerprint density at radius 2 is 1.51 bits per heavy atom. The van der Waals surface area contributed by atoms with Gasteiger partial charge in [0.1, 0.15) is 5.75 Å². The van der Waals surface area contributed by atoms with E-state index < -0.39 is 23.3 Å². The molecule has 7 heteroatoms. The largest absolute Gasteiger partial charge is 0.481 e. The zero-order chi connectivity index (χ0) is 28.8. The molecule has 0 bridgehead atoms. The molecule has 1 aliphatic rings. The highest BCUT2D eigenvalue weighted by Crippen LogP contribution is 2.49. The van der Waals surface area contributed by atoms with E-state index in [1.165, 1.54) is 31.1 Å². The molecule has 1 heterocycles. The van der Waals surface area contributed by atoms with Crippen LogP contribution >= 0.6 is 10.5 Å². The number of aryl methyl sites for hydroxylation is 2. The monoisotopic (exact) mass is 573 g/mol. The second-order valence-electron chi connectivity index (χ2n) is 10.4. The van der Waals surface area contributed by atoms with Crippen molar-refractivity contribution in [3.63, 3.8) is 0 Å². The van der Waals surface area contributed by atoms with Crippen molar-refractivity contribution in [2.24, 2.45) is 0 Å². The first-order valence-electron chi connectivity index (χ1n) is 13.4. The lowest BCUT2D eigenvalue weighted by Gasteiger charge is -2.29. The minimum absolute atomic E-state index is 0.256. The lowest BCUT2D eigenvalue weighted by molar-refractivity contribution is -0.158. The number of halogens is 3. The van der Waals surface area contributed by atoms with Crippen molar-refractivity contribution < 1.29 is 27.4 Å². The average Bonchev–Trinajstić information content (AvgIpc) is 3.55. The number of fused-ring (bicyclic) bond motifs is 3. The molecule has 208 valence electrons. The molecule has 0 saturated carbocycles. The Morgan fingerprint density at radius 1 is 0.878 bits per heavy atom. The summed E-state index contributed by atoms with van der Waals surface area (Å²) in [5.74, 6) is -0.0393. The fourth-order valence-electron chi connectivity index (χ4n) is 5.72. The van der Waals surface area contributed by atoms with Crippen LogP contribution < -0.4 is 4.74 Å². The van der Waals surface area contributed by atoms with Crippen LogP contribution in [0, 0.1) is 13.8 Å². The van der Waals surface area contributed by atoms with Gasteiger partial charge in [0.2, 0.25) is 0 Å². The molecular formula is C34H28F3O3S+. The van der Waals surface area contributed by atoms with Crippen molar-refractivity contribution in [1.82, 2.24) is 0 Å². The second kappa shape index (κ2) is 10.4. The molecule has 5 aromatic rings. The predicted molar refractivity (Wildman–Crippen MR) is 158 cm³/mol. The van der Waals surface area contributed by atoms with Gasteiger partial charge in [-0.1, -0.05) is 42.5 Å². The molecule has 1 atom stereocenters. The molecule has 0 radical (unpaired) electrons. The molecule has 6 rings (SSSR count). The minimum Gasteiger partial charge on any atom is -0.481 e. The number of ether oxygens (including phenoxy) is 2. The zero-order valence-corrected chi connectivity index (χ0v) is 23.4.